The molecule has 0 saturated carbocycles. The van der Waals surface area contributed by atoms with E-state index < -0.39 is 27.3 Å². The number of aromatic nitrogens is 2. The van der Waals surface area contributed by atoms with Crippen LogP contribution >= 0.6 is 0 Å². The Bertz CT molecular complexity index is 1180. The Labute approximate surface area is 172 Å². The van der Waals surface area contributed by atoms with Crippen LogP contribution in [-0.2, 0) is 15.8 Å². The molecule has 2 aromatic carbocycles. The van der Waals surface area contributed by atoms with E-state index in [1.54, 1.807) is 12.1 Å². The van der Waals surface area contributed by atoms with Gasteiger partial charge in [-0.05, 0) is 35.4 Å². The van der Waals surface area contributed by atoms with Crippen LogP contribution in [0, 0.1) is 5.82 Å². The van der Waals surface area contributed by atoms with Crippen LogP contribution in [0.2, 0.25) is 0 Å². The number of anilines is 1. The van der Waals surface area contributed by atoms with Gasteiger partial charge in [0.15, 0.2) is 0 Å². The van der Waals surface area contributed by atoms with Crippen molar-refractivity contribution in [1.82, 2.24) is 14.3 Å². The molecule has 0 spiro atoms. The van der Waals surface area contributed by atoms with Crippen molar-refractivity contribution in [3.8, 4) is 17.0 Å². The van der Waals surface area contributed by atoms with E-state index in [9.17, 15) is 22.7 Å². The smallest absolute Gasteiger partial charge is 0.325 e. The topological polar surface area (TPSA) is 109 Å². The number of piperazine rings is 1. The molecule has 1 fully saturated rings. The summed E-state index contributed by atoms with van der Waals surface area (Å²) in [6.45, 7) is 1.64. The number of rotatable bonds is 5. The summed E-state index contributed by atoms with van der Waals surface area (Å²) in [6, 6.07) is 14.1. The van der Waals surface area contributed by atoms with Crippen molar-refractivity contribution in [3.63, 3.8) is 0 Å². The van der Waals surface area contributed by atoms with Gasteiger partial charge in [-0.1, -0.05) is 24.3 Å². The van der Waals surface area contributed by atoms with Gasteiger partial charge in [0.25, 0.3) is 0 Å². The zero-order valence-electron chi connectivity index (χ0n) is 16.0. The van der Waals surface area contributed by atoms with Gasteiger partial charge >= 0.3 is 5.69 Å². The van der Waals surface area contributed by atoms with Crippen LogP contribution in [0.5, 0.6) is 5.88 Å². The zero-order chi connectivity index (χ0) is 21.3. The summed E-state index contributed by atoms with van der Waals surface area (Å²) >= 11 is 0. The van der Waals surface area contributed by atoms with Crippen LogP contribution < -0.4 is 10.6 Å². The molecule has 1 saturated heterocycles. The maximum Gasteiger partial charge on any atom is 0.325 e. The van der Waals surface area contributed by atoms with E-state index in [0.29, 0.717) is 26.2 Å². The molecule has 3 N–H and O–H groups in total. The van der Waals surface area contributed by atoms with E-state index in [1.807, 2.05) is 24.3 Å². The van der Waals surface area contributed by atoms with Crippen molar-refractivity contribution in [2.45, 2.75) is 5.75 Å². The second kappa shape index (κ2) is 7.96. The van der Waals surface area contributed by atoms with Crippen LogP contribution in [-0.4, -0.2) is 54.0 Å². The molecule has 30 heavy (non-hydrogen) atoms. The number of aromatic hydroxyl groups is 1. The second-order valence-corrected chi connectivity index (χ2v) is 9.07. The molecule has 0 atom stereocenters. The summed E-state index contributed by atoms with van der Waals surface area (Å²) in [7, 11) is -3.67. The highest BCUT2D eigenvalue weighted by molar-refractivity contribution is 7.88. The maximum atomic E-state index is 13.1. The second-order valence-electron chi connectivity index (χ2n) is 7.10. The average Bonchev–Trinajstić information content (AvgIpc) is 3.05. The molecular weight excluding hydrogens is 411 g/mol. The Morgan fingerprint density at radius 2 is 1.47 bits per heavy atom. The number of nitrogens with zero attached hydrogens (tertiary/aromatic N) is 2. The Morgan fingerprint density at radius 1 is 0.900 bits per heavy atom. The Hall–Kier alpha value is -3.11. The van der Waals surface area contributed by atoms with Crippen molar-refractivity contribution in [2.75, 3.05) is 31.1 Å². The van der Waals surface area contributed by atoms with Crippen LogP contribution in [0.3, 0.4) is 0 Å². The minimum Gasteiger partial charge on any atom is -0.493 e. The van der Waals surface area contributed by atoms with Crippen molar-refractivity contribution in [1.29, 1.82) is 0 Å². The van der Waals surface area contributed by atoms with E-state index >= 15 is 0 Å². The number of imidazole rings is 1. The molecule has 4 rings (SSSR count). The summed E-state index contributed by atoms with van der Waals surface area (Å²) in [6.07, 6.45) is 0. The van der Waals surface area contributed by atoms with E-state index in [2.05, 4.69) is 14.9 Å². The molecule has 2 heterocycles. The molecule has 0 radical (unpaired) electrons. The van der Waals surface area contributed by atoms with Crippen LogP contribution in [0.1, 0.15) is 5.69 Å². The molecule has 10 heteroatoms. The largest absolute Gasteiger partial charge is 0.493 e. The van der Waals surface area contributed by atoms with Gasteiger partial charge in [0.1, 0.15) is 11.6 Å². The SMILES string of the molecule is O=c1[nH]c(O)c(CS(=O)(=O)N2CCN(c3ccc(-c4ccc(F)cc4)cc3)CC2)[nH]1. The van der Waals surface area contributed by atoms with Gasteiger partial charge in [0, 0.05) is 31.9 Å². The highest BCUT2D eigenvalue weighted by Crippen LogP contribution is 2.25. The molecule has 0 bridgehead atoms. The summed E-state index contributed by atoms with van der Waals surface area (Å²) in [5.74, 6) is -1.20. The van der Waals surface area contributed by atoms with Crippen LogP contribution in [0.25, 0.3) is 11.1 Å². The normalized spacial score (nSPS) is 15.4. The first-order valence-electron chi connectivity index (χ1n) is 9.41. The monoisotopic (exact) mass is 432 g/mol. The molecule has 0 aliphatic carbocycles. The van der Waals surface area contributed by atoms with E-state index in [0.717, 1.165) is 16.8 Å². The van der Waals surface area contributed by atoms with Crippen molar-refractivity contribution >= 4 is 15.7 Å². The molecule has 0 amide bonds. The fourth-order valence-electron chi connectivity index (χ4n) is 3.52. The van der Waals surface area contributed by atoms with Gasteiger partial charge in [-0.2, -0.15) is 4.31 Å². The Kier molecular flexibility index (Phi) is 5.35. The first-order chi connectivity index (χ1) is 14.3. The highest BCUT2D eigenvalue weighted by Gasteiger charge is 2.28. The Balaban J connectivity index is 1.40. The number of halogens is 1. The lowest BCUT2D eigenvalue weighted by molar-refractivity contribution is 0.383. The van der Waals surface area contributed by atoms with Crippen LogP contribution in [0.15, 0.2) is 53.3 Å². The number of benzene rings is 2. The Morgan fingerprint density at radius 3 is 2.00 bits per heavy atom. The molecule has 1 aliphatic rings. The third kappa shape index (κ3) is 4.24. The summed E-state index contributed by atoms with van der Waals surface area (Å²) in [5.41, 5.74) is 2.18. The zero-order valence-corrected chi connectivity index (χ0v) is 16.8. The number of hydrogen-bond donors (Lipinski definition) is 3. The quantitative estimate of drug-likeness (QED) is 0.570. The van der Waals surface area contributed by atoms with Gasteiger partial charge < -0.3 is 15.0 Å². The third-order valence-corrected chi connectivity index (χ3v) is 6.96. The number of nitrogens with one attached hydrogen (secondary N) is 2. The average molecular weight is 432 g/mol. The van der Waals surface area contributed by atoms with Crippen molar-refractivity contribution in [3.05, 3.63) is 70.5 Å². The molecular formula is C20H21FN4O4S. The molecule has 1 aliphatic heterocycles. The van der Waals surface area contributed by atoms with E-state index in [1.165, 1.54) is 16.4 Å². The lowest BCUT2D eigenvalue weighted by Crippen LogP contribution is -2.49. The standard InChI is InChI=1S/C20H21FN4O4S/c21-16-5-1-14(2-6-16)15-3-7-17(8-4-15)24-9-11-25(12-10-24)30(28,29)13-18-19(26)23-20(27)22-18/h1-8,26H,9-13H2,(H2,22,23,27). The van der Waals surface area contributed by atoms with Gasteiger partial charge in [0.2, 0.25) is 15.9 Å². The van der Waals surface area contributed by atoms with Crippen LogP contribution in [0.4, 0.5) is 10.1 Å². The van der Waals surface area contributed by atoms with Gasteiger partial charge in [-0.15, -0.1) is 0 Å². The van der Waals surface area contributed by atoms with E-state index in [-0.39, 0.29) is 11.5 Å². The van der Waals surface area contributed by atoms with E-state index in [4.69, 9.17) is 0 Å². The number of aromatic amines is 2. The predicted octanol–water partition coefficient (Wildman–Crippen LogP) is 1.87. The van der Waals surface area contributed by atoms with Crippen molar-refractivity contribution in [2.24, 2.45) is 0 Å². The minimum atomic E-state index is -3.67. The maximum absolute atomic E-state index is 13.1. The summed E-state index contributed by atoms with van der Waals surface area (Å²) in [5, 5.41) is 9.61. The molecule has 0 unspecified atom stereocenters. The molecule has 158 valence electrons. The summed E-state index contributed by atoms with van der Waals surface area (Å²) in [4.78, 5) is 17.7. The number of H-pyrrole nitrogens is 2. The minimum absolute atomic E-state index is 0.0428. The molecule has 1 aromatic heterocycles. The molecule has 3 aromatic rings. The highest BCUT2D eigenvalue weighted by atomic mass is 32.2. The first-order valence-corrected chi connectivity index (χ1v) is 11.0. The lowest BCUT2D eigenvalue weighted by atomic mass is 10.1. The fourth-order valence-corrected chi connectivity index (χ4v) is 5.00. The number of hydrogen-bond acceptors (Lipinski definition) is 5. The fraction of sp³-hybridized carbons (Fsp3) is 0.250. The lowest BCUT2D eigenvalue weighted by Gasteiger charge is -2.35. The van der Waals surface area contributed by atoms with Gasteiger partial charge in [0.05, 0.1) is 5.69 Å². The predicted molar refractivity (Wildman–Crippen MR) is 111 cm³/mol. The van der Waals surface area contributed by atoms with Gasteiger partial charge in [-0.3, -0.25) is 4.98 Å². The summed E-state index contributed by atoms with van der Waals surface area (Å²) < 4.78 is 39.7. The third-order valence-electron chi connectivity index (χ3n) is 5.15. The van der Waals surface area contributed by atoms with Gasteiger partial charge in [-0.25, -0.2) is 17.6 Å². The number of sulfonamides is 1. The van der Waals surface area contributed by atoms with Crippen molar-refractivity contribution < 1.29 is 17.9 Å². The first kappa shape index (κ1) is 20.2. The molecule has 8 nitrogen and oxygen atoms in total.